The van der Waals surface area contributed by atoms with Crippen molar-refractivity contribution in [1.29, 1.82) is 0 Å². The van der Waals surface area contributed by atoms with Gasteiger partial charge in [0.1, 0.15) is 17.9 Å². The van der Waals surface area contributed by atoms with E-state index in [1.807, 2.05) is 30.3 Å². The first-order valence-electron chi connectivity index (χ1n) is 14.8. The van der Waals surface area contributed by atoms with Crippen LogP contribution in [0.2, 0.25) is 0 Å². The highest BCUT2D eigenvalue weighted by Crippen LogP contribution is 2.42. The minimum atomic E-state index is -0.930. The maximum atomic E-state index is 13.6. The summed E-state index contributed by atoms with van der Waals surface area (Å²) in [5, 5.41) is 25.1. The number of barbiturate groups is 1. The number of non-ortho nitro benzene ring substituents is 1. The molecule has 49 heavy (non-hydrogen) atoms. The lowest BCUT2D eigenvalue weighted by atomic mass is 10.0. The SMILES string of the molecule is C=CCc1cc(/C=C2\C(=O)NC(=O)N(c3ccc(OCc4ccccc4)cc3)C2=O)cc(OCC)c1Oc1ccc([N+](=O)[O-])cc1[N+](=O)[O-]. The van der Waals surface area contributed by atoms with Crippen LogP contribution in [0.5, 0.6) is 23.0 Å². The van der Waals surface area contributed by atoms with Gasteiger partial charge in [-0.3, -0.25) is 35.1 Å². The molecule has 1 aliphatic rings. The molecule has 5 rings (SSSR count). The van der Waals surface area contributed by atoms with Crippen molar-refractivity contribution in [1.82, 2.24) is 5.32 Å². The number of carbonyl (C=O) groups excluding carboxylic acids is 3. The molecule has 4 amide bonds. The molecule has 0 aliphatic carbocycles. The van der Waals surface area contributed by atoms with Gasteiger partial charge in [0.05, 0.1) is 28.2 Å². The number of rotatable bonds is 13. The number of nitro groups is 2. The molecule has 4 aromatic rings. The van der Waals surface area contributed by atoms with E-state index in [1.54, 1.807) is 25.1 Å². The van der Waals surface area contributed by atoms with Crippen molar-refractivity contribution in [3.05, 3.63) is 140 Å². The number of nitrogens with zero attached hydrogens (tertiary/aromatic N) is 3. The lowest BCUT2D eigenvalue weighted by molar-refractivity contribution is -0.394. The summed E-state index contributed by atoms with van der Waals surface area (Å²) in [6.07, 6.45) is 2.98. The first-order valence-corrected chi connectivity index (χ1v) is 14.8. The highest BCUT2D eigenvalue weighted by Gasteiger charge is 2.37. The van der Waals surface area contributed by atoms with E-state index in [9.17, 15) is 34.6 Å². The molecule has 1 aliphatic heterocycles. The zero-order valence-corrected chi connectivity index (χ0v) is 26.0. The van der Waals surface area contributed by atoms with Gasteiger partial charge in [-0.05, 0) is 73.0 Å². The molecule has 1 saturated heterocycles. The van der Waals surface area contributed by atoms with Crippen LogP contribution in [0.15, 0.2) is 103 Å². The summed E-state index contributed by atoms with van der Waals surface area (Å²) in [6, 6.07) is 20.8. The Balaban J connectivity index is 1.47. The predicted molar refractivity (Wildman–Crippen MR) is 178 cm³/mol. The standard InChI is InChI=1S/C35H28N4O10/c1-3-8-24-17-23(19-31(47-4-2)32(24)49-30-16-13-26(38(43)44)20-29(30)39(45)46)18-28-33(40)36-35(42)37(34(28)41)25-11-14-27(15-12-25)48-21-22-9-6-5-7-10-22/h3,5-7,9-20H,1,4,8,21H2,2H3,(H,36,40,42)/b28-18+. The Morgan fingerprint density at radius 2 is 1.61 bits per heavy atom. The molecule has 4 aromatic carbocycles. The average molecular weight is 665 g/mol. The summed E-state index contributed by atoms with van der Waals surface area (Å²) in [4.78, 5) is 61.6. The van der Waals surface area contributed by atoms with Crippen LogP contribution in [0, 0.1) is 20.2 Å². The summed E-state index contributed by atoms with van der Waals surface area (Å²) in [5.41, 5.74) is 0.386. The van der Waals surface area contributed by atoms with E-state index in [0.717, 1.165) is 28.7 Å². The molecular formula is C35H28N4O10. The number of carbonyl (C=O) groups is 3. The molecule has 0 saturated carbocycles. The van der Waals surface area contributed by atoms with E-state index < -0.39 is 39.1 Å². The third-order valence-electron chi connectivity index (χ3n) is 7.14. The molecule has 14 nitrogen and oxygen atoms in total. The van der Waals surface area contributed by atoms with Crippen molar-refractivity contribution in [3.63, 3.8) is 0 Å². The smallest absolute Gasteiger partial charge is 0.335 e. The monoisotopic (exact) mass is 664 g/mol. The van der Waals surface area contributed by atoms with Crippen molar-refractivity contribution < 1.29 is 38.4 Å². The van der Waals surface area contributed by atoms with Crippen molar-refractivity contribution in [3.8, 4) is 23.0 Å². The number of imide groups is 2. The molecule has 1 N–H and O–H groups in total. The third-order valence-corrected chi connectivity index (χ3v) is 7.14. The molecule has 0 atom stereocenters. The number of ether oxygens (including phenoxy) is 3. The molecule has 1 fully saturated rings. The average Bonchev–Trinajstić information content (AvgIpc) is 3.08. The van der Waals surface area contributed by atoms with Gasteiger partial charge in [0, 0.05) is 11.6 Å². The minimum Gasteiger partial charge on any atom is -0.490 e. The summed E-state index contributed by atoms with van der Waals surface area (Å²) >= 11 is 0. The Bertz CT molecular complexity index is 1990. The van der Waals surface area contributed by atoms with Gasteiger partial charge in [-0.15, -0.1) is 6.58 Å². The van der Waals surface area contributed by atoms with Crippen LogP contribution in [0.1, 0.15) is 23.6 Å². The lowest BCUT2D eigenvalue weighted by Gasteiger charge is -2.26. The van der Waals surface area contributed by atoms with E-state index in [2.05, 4.69) is 11.9 Å². The molecule has 0 radical (unpaired) electrons. The highest BCUT2D eigenvalue weighted by atomic mass is 16.6. The Labute approximate surface area is 279 Å². The number of amides is 4. The fourth-order valence-corrected chi connectivity index (χ4v) is 4.90. The Hall–Kier alpha value is -6.83. The topological polar surface area (TPSA) is 180 Å². The van der Waals surface area contributed by atoms with Crippen LogP contribution < -0.4 is 24.4 Å². The Kier molecular flexibility index (Phi) is 10.1. The second kappa shape index (κ2) is 14.7. The number of nitro benzene ring substituents is 2. The summed E-state index contributed by atoms with van der Waals surface area (Å²) in [6.45, 7) is 5.89. The zero-order chi connectivity index (χ0) is 35.1. The number of anilines is 1. The van der Waals surface area contributed by atoms with E-state index in [0.29, 0.717) is 23.5 Å². The number of allylic oxidation sites excluding steroid dienone is 1. The molecule has 1 heterocycles. The van der Waals surface area contributed by atoms with Gasteiger partial charge in [-0.25, -0.2) is 9.69 Å². The second-order valence-electron chi connectivity index (χ2n) is 10.4. The molecule has 0 unspecified atom stereocenters. The third kappa shape index (κ3) is 7.60. The van der Waals surface area contributed by atoms with Gasteiger partial charge >= 0.3 is 11.7 Å². The zero-order valence-electron chi connectivity index (χ0n) is 26.0. The normalized spacial score (nSPS) is 13.5. The van der Waals surface area contributed by atoms with Gasteiger partial charge < -0.3 is 14.2 Å². The maximum absolute atomic E-state index is 13.6. The molecule has 0 bridgehead atoms. The number of benzene rings is 4. The number of nitrogens with one attached hydrogen (secondary N) is 1. The predicted octanol–water partition coefficient (Wildman–Crippen LogP) is 6.67. The largest absolute Gasteiger partial charge is 0.490 e. The quantitative estimate of drug-likeness (QED) is 0.0533. The van der Waals surface area contributed by atoms with Crippen molar-refractivity contribution in [2.45, 2.75) is 20.0 Å². The van der Waals surface area contributed by atoms with Crippen LogP contribution in [0.4, 0.5) is 21.9 Å². The van der Waals surface area contributed by atoms with Crippen LogP contribution in [-0.2, 0) is 22.6 Å². The van der Waals surface area contributed by atoms with Gasteiger partial charge in [0.15, 0.2) is 11.5 Å². The molecule has 14 heteroatoms. The molecule has 248 valence electrons. The van der Waals surface area contributed by atoms with E-state index in [4.69, 9.17) is 14.2 Å². The summed E-state index contributed by atoms with van der Waals surface area (Å²) < 4.78 is 17.5. The van der Waals surface area contributed by atoms with Crippen LogP contribution >= 0.6 is 0 Å². The van der Waals surface area contributed by atoms with Crippen LogP contribution in [0.3, 0.4) is 0 Å². The van der Waals surface area contributed by atoms with Crippen molar-refractivity contribution in [2.24, 2.45) is 0 Å². The molecular weight excluding hydrogens is 636 g/mol. The number of hydrogen-bond acceptors (Lipinski definition) is 10. The fourth-order valence-electron chi connectivity index (χ4n) is 4.90. The van der Waals surface area contributed by atoms with Gasteiger partial charge in [-0.2, -0.15) is 0 Å². The van der Waals surface area contributed by atoms with E-state index in [1.165, 1.54) is 30.4 Å². The van der Waals surface area contributed by atoms with Gasteiger partial charge in [0.25, 0.3) is 17.5 Å². The van der Waals surface area contributed by atoms with Crippen LogP contribution in [-0.4, -0.2) is 34.3 Å². The summed E-state index contributed by atoms with van der Waals surface area (Å²) in [7, 11) is 0. The van der Waals surface area contributed by atoms with Crippen molar-refractivity contribution >= 4 is 41.0 Å². The lowest BCUT2D eigenvalue weighted by Crippen LogP contribution is -2.54. The van der Waals surface area contributed by atoms with E-state index in [-0.39, 0.29) is 41.5 Å². The Morgan fingerprint density at radius 1 is 0.878 bits per heavy atom. The van der Waals surface area contributed by atoms with Gasteiger partial charge in [-0.1, -0.05) is 36.4 Å². The van der Waals surface area contributed by atoms with E-state index >= 15 is 0 Å². The maximum Gasteiger partial charge on any atom is 0.335 e. The first kappa shape index (κ1) is 33.5. The molecule has 0 spiro atoms. The summed E-state index contributed by atoms with van der Waals surface area (Å²) in [5.74, 6) is -1.41. The van der Waals surface area contributed by atoms with Crippen molar-refractivity contribution in [2.75, 3.05) is 11.5 Å². The minimum absolute atomic E-state index is 0.0617. The second-order valence-corrected chi connectivity index (χ2v) is 10.4. The fraction of sp³-hybridized carbons (Fsp3) is 0.114. The first-order chi connectivity index (χ1) is 23.6. The number of hydrogen-bond donors (Lipinski definition) is 1. The highest BCUT2D eigenvalue weighted by molar-refractivity contribution is 6.39. The number of urea groups is 1. The molecule has 0 aromatic heterocycles. The van der Waals surface area contributed by atoms with Gasteiger partial charge in [0.2, 0.25) is 5.75 Å². The van der Waals surface area contributed by atoms with Crippen LogP contribution in [0.25, 0.3) is 6.08 Å². The Morgan fingerprint density at radius 3 is 2.27 bits per heavy atom.